The van der Waals surface area contributed by atoms with Gasteiger partial charge in [0.25, 0.3) is 11.7 Å². The van der Waals surface area contributed by atoms with E-state index in [0.717, 1.165) is 44.1 Å². The van der Waals surface area contributed by atoms with Crippen LogP contribution in [0.2, 0.25) is 0 Å². The molecule has 0 aromatic carbocycles. The number of nitrogens with zero attached hydrogens (tertiary/aromatic N) is 1. The first-order valence-corrected chi connectivity index (χ1v) is 15.9. The predicted molar refractivity (Wildman–Crippen MR) is 158 cm³/mol. The lowest BCUT2D eigenvalue weighted by molar-refractivity contribution is -0.274. The highest BCUT2D eigenvalue weighted by molar-refractivity contribution is 6.39. The summed E-state index contributed by atoms with van der Waals surface area (Å²) in [6.07, 6.45) is 10.8. The lowest BCUT2D eigenvalue weighted by atomic mass is 9.79. The average molecular weight is 576 g/mol. The molecule has 0 aromatic rings. The third kappa shape index (κ3) is 8.08. The molecule has 2 saturated heterocycles. The first-order valence-electron chi connectivity index (χ1n) is 15.9. The molecule has 2 aliphatic heterocycles. The fourth-order valence-corrected chi connectivity index (χ4v) is 6.90. The Labute approximate surface area is 246 Å². The van der Waals surface area contributed by atoms with Gasteiger partial charge in [0, 0.05) is 12.5 Å². The van der Waals surface area contributed by atoms with E-state index in [1.165, 1.54) is 4.90 Å². The summed E-state index contributed by atoms with van der Waals surface area (Å²) in [5.41, 5.74) is 0.972. The molecule has 1 amide bonds. The minimum atomic E-state index is -2.20. The SMILES string of the molecule is C=CCCC[C@H](OC(=O)[C@@H]1CCCCN1C(=O)C(=O)[C@]1(O)O[C@@H](CC)[C@@H](C)C[C@H]1C)/C(C)=C/[C@@H]1CC[C@@H](O)[C@H](C)C1. The molecule has 3 fully saturated rings. The van der Waals surface area contributed by atoms with Gasteiger partial charge in [-0.1, -0.05) is 39.8 Å². The zero-order valence-electron chi connectivity index (χ0n) is 25.8. The highest BCUT2D eigenvalue weighted by Gasteiger charge is 2.53. The van der Waals surface area contributed by atoms with Crippen LogP contribution in [-0.4, -0.2) is 69.5 Å². The van der Waals surface area contributed by atoms with Crippen molar-refractivity contribution in [2.24, 2.45) is 23.7 Å². The molecule has 3 rings (SSSR count). The summed E-state index contributed by atoms with van der Waals surface area (Å²) in [6.45, 7) is 13.8. The van der Waals surface area contributed by atoms with Crippen LogP contribution in [0.3, 0.4) is 0 Å². The third-order valence-corrected chi connectivity index (χ3v) is 9.62. The molecule has 0 bridgehead atoms. The van der Waals surface area contributed by atoms with Crippen LogP contribution in [0, 0.1) is 23.7 Å². The number of likely N-dealkylation sites (tertiary alicyclic amines) is 1. The summed E-state index contributed by atoms with van der Waals surface area (Å²) in [5.74, 6) is -4.44. The maximum Gasteiger partial charge on any atom is 0.329 e. The van der Waals surface area contributed by atoms with Crippen LogP contribution in [0.15, 0.2) is 24.3 Å². The number of hydrogen-bond donors (Lipinski definition) is 2. The van der Waals surface area contributed by atoms with Crippen LogP contribution < -0.4 is 0 Å². The minimum Gasteiger partial charge on any atom is -0.456 e. The standard InChI is InChI=1S/C33H53NO7/c1-7-9-10-14-29(23(5)20-25-15-16-27(35)21(3)19-25)40-32(38)26-13-11-12-17-34(26)31(37)30(36)33(39)24(6)18-22(4)28(8-2)41-33/h7,20-22,24-29,35,39H,1,8-19H2,2-6H3/b23-20+/t21-,22+,24-,25-,26+,27-,28+,29+,33-/m1/s1. The molecular formula is C33H53NO7. The van der Waals surface area contributed by atoms with E-state index in [1.54, 1.807) is 6.92 Å². The largest absolute Gasteiger partial charge is 0.456 e. The zero-order chi connectivity index (χ0) is 30.3. The second kappa shape index (κ2) is 14.9. The van der Waals surface area contributed by atoms with E-state index in [4.69, 9.17) is 9.47 Å². The Morgan fingerprint density at radius 3 is 2.51 bits per heavy atom. The van der Waals surface area contributed by atoms with Crippen molar-refractivity contribution in [1.29, 1.82) is 0 Å². The molecule has 1 saturated carbocycles. The van der Waals surface area contributed by atoms with Gasteiger partial charge in [-0.25, -0.2) is 4.79 Å². The summed E-state index contributed by atoms with van der Waals surface area (Å²) in [4.78, 5) is 42.0. The van der Waals surface area contributed by atoms with Gasteiger partial charge in [0.05, 0.1) is 12.2 Å². The summed E-state index contributed by atoms with van der Waals surface area (Å²) in [7, 11) is 0. The summed E-state index contributed by atoms with van der Waals surface area (Å²) in [5, 5.41) is 21.4. The van der Waals surface area contributed by atoms with Crippen molar-refractivity contribution in [3.63, 3.8) is 0 Å². The number of unbranched alkanes of at least 4 members (excludes halogenated alkanes) is 1. The third-order valence-electron chi connectivity index (χ3n) is 9.62. The summed E-state index contributed by atoms with van der Waals surface area (Å²) >= 11 is 0. The molecule has 3 aliphatic rings. The van der Waals surface area contributed by atoms with E-state index in [9.17, 15) is 24.6 Å². The smallest absolute Gasteiger partial charge is 0.329 e. The Hall–Kier alpha value is -2.03. The Balaban J connectivity index is 1.76. The number of aliphatic hydroxyl groups excluding tert-OH is 1. The van der Waals surface area contributed by atoms with Gasteiger partial charge in [-0.2, -0.15) is 0 Å². The summed E-state index contributed by atoms with van der Waals surface area (Å²) < 4.78 is 12.0. The molecule has 0 unspecified atom stereocenters. The Bertz CT molecular complexity index is 963. The van der Waals surface area contributed by atoms with Crippen LogP contribution in [0.5, 0.6) is 0 Å². The van der Waals surface area contributed by atoms with Gasteiger partial charge in [-0.3, -0.25) is 9.59 Å². The van der Waals surface area contributed by atoms with Gasteiger partial charge < -0.3 is 24.6 Å². The van der Waals surface area contributed by atoms with Crippen molar-refractivity contribution < 1.29 is 34.1 Å². The van der Waals surface area contributed by atoms with Crippen molar-refractivity contribution in [3.8, 4) is 0 Å². The van der Waals surface area contributed by atoms with E-state index in [2.05, 4.69) is 19.6 Å². The number of rotatable bonds is 11. The van der Waals surface area contributed by atoms with Crippen LogP contribution in [-0.2, 0) is 23.9 Å². The molecular weight excluding hydrogens is 522 g/mol. The number of carbonyl (C=O) groups is 3. The van der Waals surface area contributed by atoms with Gasteiger partial charge in [-0.15, -0.1) is 6.58 Å². The Morgan fingerprint density at radius 2 is 1.85 bits per heavy atom. The first-order chi connectivity index (χ1) is 19.4. The van der Waals surface area contributed by atoms with Gasteiger partial charge in [-0.05, 0) is 101 Å². The van der Waals surface area contributed by atoms with Crippen LogP contribution in [0.4, 0.5) is 0 Å². The highest BCUT2D eigenvalue weighted by Crippen LogP contribution is 2.38. The van der Waals surface area contributed by atoms with Crippen molar-refractivity contribution in [1.82, 2.24) is 4.90 Å². The molecule has 9 atom stereocenters. The molecule has 8 heteroatoms. The van der Waals surface area contributed by atoms with Crippen LogP contribution >= 0.6 is 0 Å². The molecule has 8 nitrogen and oxygen atoms in total. The molecule has 41 heavy (non-hydrogen) atoms. The highest BCUT2D eigenvalue weighted by atomic mass is 16.6. The van der Waals surface area contributed by atoms with Gasteiger partial charge in [0.1, 0.15) is 12.1 Å². The normalized spacial score (nSPS) is 35.4. The van der Waals surface area contributed by atoms with E-state index in [-0.39, 0.29) is 30.6 Å². The van der Waals surface area contributed by atoms with E-state index in [0.29, 0.717) is 38.0 Å². The predicted octanol–water partition coefficient (Wildman–Crippen LogP) is 5.11. The number of ether oxygens (including phenoxy) is 2. The number of hydrogen-bond acceptors (Lipinski definition) is 7. The Morgan fingerprint density at radius 1 is 1.12 bits per heavy atom. The number of carbonyl (C=O) groups excluding carboxylic acids is 3. The molecule has 2 heterocycles. The maximum absolute atomic E-state index is 13.6. The quantitative estimate of drug-likeness (QED) is 0.152. The van der Waals surface area contributed by atoms with Gasteiger partial charge >= 0.3 is 5.97 Å². The maximum atomic E-state index is 13.6. The number of piperidine rings is 1. The van der Waals surface area contributed by atoms with Crippen LogP contribution in [0.25, 0.3) is 0 Å². The monoisotopic (exact) mass is 575 g/mol. The number of aliphatic hydroxyl groups is 2. The molecule has 0 radical (unpaired) electrons. The number of allylic oxidation sites excluding steroid dienone is 2. The van der Waals surface area contributed by atoms with E-state index < -0.39 is 41.5 Å². The molecule has 0 spiro atoms. The number of esters is 1. The molecule has 2 N–H and O–H groups in total. The van der Waals surface area contributed by atoms with Crippen molar-refractivity contribution in [3.05, 3.63) is 24.3 Å². The molecule has 232 valence electrons. The first kappa shape index (κ1) is 33.5. The van der Waals surface area contributed by atoms with Crippen molar-refractivity contribution >= 4 is 17.7 Å². The second-order valence-electron chi connectivity index (χ2n) is 12.9. The fourth-order valence-electron chi connectivity index (χ4n) is 6.90. The van der Waals surface area contributed by atoms with Gasteiger partial charge in [0.2, 0.25) is 5.79 Å². The van der Waals surface area contributed by atoms with Crippen molar-refractivity contribution in [2.45, 2.75) is 135 Å². The lowest BCUT2D eigenvalue weighted by Crippen LogP contribution is -2.61. The molecule has 1 aliphatic carbocycles. The van der Waals surface area contributed by atoms with E-state index in [1.807, 2.05) is 26.8 Å². The Kier molecular flexibility index (Phi) is 12.2. The van der Waals surface area contributed by atoms with Gasteiger partial charge in [0.15, 0.2) is 0 Å². The topological polar surface area (TPSA) is 113 Å². The second-order valence-corrected chi connectivity index (χ2v) is 12.9. The zero-order valence-corrected chi connectivity index (χ0v) is 25.8. The number of amides is 1. The fraction of sp³-hybridized carbons (Fsp3) is 0.788. The average Bonchev–Trinajstić information content (AvgIpc) is 2.95. The summed E-state index contributed by atoms with van der Waals surface area (Å²) in [6, 6.07) is -0.886. The van der Waals surface area contributed by atoms with Crippen molar-refractivity contribution in [2.75, 3.05) is 6.54 Å². The minimum absolute atomic E-state index is 0.159. The lowest BCUT2D eigenvalue weighted by Gasteiger charge is -2.44. The number of ketones is 1. The van der Waals surface area contributed by atoms with E-state index >= 15 is 0 Å². The molecule has 0 aromatic heterocycles. The van der Waals surface area contributed by atoms with Crippen LogP contribution in [0.1, 0.15) is 105 Å². The number of Topliss-reactive ketones (excluding diaryl/α,β-unsaturated/α-hetero) is 1.